The van der Waals surface area contributed by atoms with Gasteiger partial charge in [-0.2, -0.15) is 0 Å². The summed E-state index contributed by atoms with van der Waals surface area (Å²) in [5.41, 5.74) is 1.74. The second-order valence-corrected chi connectivity index (χ2v) is 6.90. The Morgan fingerprint density at radius 3 is 2.72 bits per heavy atom. The number of halogens is 1. The third-order valence-corrected chi connectivity index (χ3v) is 4.95. The van der Waals surface area contributed by atoms with Gasteiger partial charge in [0.25, 0.3) is 5.17 Å². The van der Waals surface area contributed by atoms with Crippen molar-refractivity contribution in [3.8, 4) is 5.69 Å². The number of carbonyl (C=O) groups excluding carboxylic acids is 1. The maximum atomic E-state index is 14.8. The van der Waals surface area contributed by atoms with E-state index in [0.29, 0.717) is 56.3 Å². The Balaban J connectivity index is 1.63. The van der Waals surface area contributed by atoms with Crippen LogP contribution in [0.5, 0.6) is 0 Å². The number of ether oxygens (including phenoxy) is 1. The maximum absolute atomic E-state index is 14.8. The Labute approximate surface area is 173 Å². The first-order valence-corrected chi connectivity index (χ1v) is 9.63. The fourth-order valence-electron chi connectivity index (χ4n) is 3.10. The minimum atomic E-state index is -0.340. The summed E-state index contributed by atoms with van der Waals surface area (Å²) in [4.78, 5) is 15.7. The number of carbonyl (C=O) groups is 1. The van der Waals surface area contributed by atoms with Gasteiger partial charge in [-0.15, -0.1) is 5.10 Å². The molecule has 1 saturated heterocycles. The average molecular weight is 422 g/mol. The van der Waals surface area contributed by atoms with Crippen LogP contribution < -0.4 is 15.5 Å². The van der Waals surface area contributed by atoms with Crippen molar-refractivity contribution in [2.24, 2.45) is 0 Å². The molecule has 0 aliphatic carbocycles. The molecule has 1 aliphatic heterocycles. The number of aromatic nitrogens is 3. The summed E-state index contributed by atoms with van der Waals surface area (Å²) in [5, 5.41) is 14.1. The molecule has 0 atom stereocenters. The number of hydrogen-bond donors (Lipinski definition) is 2. The van der Waals surface area contributed by atoms with Crippen molar-refractivity contribution in [1.29, 1.82) is 0 Å². The highest BCUT2D eigenvalue weighted by molar-refractivity contribution is 7.80. The molecular formula is C18H24FN7O2S. The Kier molecular flexibility index (Phi) is 6.94. The van der Waals surface area contributed by atoms with Gasteiger partial charge in [-0.05, 0) is 31.4 Å². The van der Waals surface area contributed by atoms with Gasteiger partial charge in [0, 0.05) is 32.2 Å². The van der Waals surface area contributed by atoms with Gasteiger partial charge < -0.3 is 25.2 Å². The van der Waals surface area contributed by atoms with Gasteiger partial charge in [0.1, 0.15) is 11.5 Å². The molecule has 3 rings (SSSR count). The minimum Gasteiger partial charge on any atom is -0.474 e. The molecule has 0 radical (unpaired) electrons. The molecule has 1 fully saturated rings. The Bertz CT molecular complexity index is 868. The number of anilines is 1. The zero-order valence-corrected chi connectivity index (χ0v) is 17.2. The molecule has 2 N–H and O–H groups in total. The number of nitrogens with one attached hydrogen (secondary N) is 2. The molecule has 11 heteroatoms. The van der Waals surface area contributed by atoms with Crippen LogP contribution in [0.2, 0.25) is 0 Å². The van der Waals surface area contributed by atoms with Crippen molar-refractivity contribution in [2.75, 3.05) is 51.8 Å². The highest BCUT2D eigenvalue weighted by Gasteiger charge is 2.22. The quantitative estimate of drug-likeness (QED) is 0.644. The van der Waals surface area contributed by atoms with Gasteiger partial charge in [-0.1, -0.05) is 5.21 Å². The van der Waals surface area contributed by atoms with Crippen LogP contribution in [0.3, 0.4) is 0 Å². The normalized spacial score (nSPS) is 14.0. The lowest BCUT2D eigenvalue weighted by Gasteiger charge is -2.36. The highest BCUT2D eigenvalue weighted by atomic mass is 32.1. The Morgan fingerprint density at radius 2 is 2.07 bits per heavy atom. The molecular weight excluding hydrogens is 397 g/mol. The van der Waals surface area contributed by atoms with E-state index >= 15 is 0 Å². The van der Waals surface area contributed by atoms with Gasteiger partial charge in [0.2, 0.25) is 5.91 Å². The average Bonchev–Trinajstić information content (AvgIpc) is 3.21. The number of benzene rings is 1. The van der Waals surface area contributed by atoms with Crippen LogP contribution >= 0.6 is 12.2 Å². The van der Waals surface area contributed by atoms with Crippen LogP contribution in [0.15, 0.2) is 24.4 Å². The van der Waals surface area contributed by atoms with Crippen LogP contribution in [0, 0.1) is 5.82 Å². The first kappa shape index (κ1) is 20.9. The number of methoxy groups -OCH3 is 1. The first-order chi connectivity index (χ1) is 14.0. The molecule has 29 heavy (non-hydrogen) atoms. The second kappa shape index (κ2) is 9.61. The molecule has 0 spiro atoms. The molecule has 0 saturated carbocycles. The summed E-state index contributed by atoms with van der Waals surface area (Å²) in [6.07, 6.45) is 1.70. The van der Waals surface area contributed by atoms with E-state index in [1.54, 1.807) is 30.3 Å². The number of hydrogen-bond acceptors (Lipinski definition) is 7. The lowest BCUT2D eigenvalue weighted by atomic mass is 10.2. The van der Waals surface area contributed by atoms with Gasteiger partial charge in [0.05, 0.1) is 37.8 Å². The number of rotatable bonds is 6. The number of piperazine rings is 1. The SMILES string of the molecule is CNCC(=O)N1CCN(c2ccc(-n3cc(CNC(=S)OC)nn3)cc2F)CC1. The maximum Gasteiger partial charge on any atom is 0.256 e. The predicted molar refractivity (Wildman–Crippen MR) is 110 cm³/mol. The van der Waals surface area contributed by atoms with E-state index in [0.717, 1.165) is 0 Å². The molecule has 2 aromatic rings. The zero-order valence-electron chi connectivity index (χ0n) is 16.4. The summed E-state index contributed by atoms with van der Waals surface area (Å²) >= 11 is 4.92. The summed E-state index contributed by atoms with van der Waals surface area (Å²) in [6.45, 7) is 3.00. The Hall–Kier alpha value is -2.79. The van der Waals surface area contributed by atoms with Crippen molar-refractivity contribution < 1.29 is 13.9 Å². The highest BCUT2D eigenvalue weighted by Crippen LogP contribution is 2.23. The lowest BCUT2D eigenvalue weighted by Crippen LogP contribution is -2.50. The van der Waals surface area contributed by atoms with Crippen molar-refractivity contribution in [3.63, 3.8) is 0 Å². The van der Waals surface area contributed by atoms with Crippen LogP contribution in [0.1, 0.15) is 5.69 Å². The Morgan fingerprint density at radius 1 is 1.31 bits per heavy atom. The molecule has 2 heterocycles. The van der Waals surface area contributed by atoms with Crippen LogP contribution in [-0.2, 0) is 16.1 Å². The molecule has 0 unspecified atom stereocenters. The molecule has 1 aromatic carbocycles. The fourth-order valence-corrected chi connectivity index (χ4v) is 3.17. The van der Waals surface area contributed by atoms with Gasteiger partial charge in [0.15, 0.2) is 0 Å². The van der Waals surface area contributed by atoms with Crippen LogP contribution in [0.25, 0.3) is 5.69 Å². The van der Waals surface area contributed by atoms with E-state index in [-0.39, 0.29) is 16.9 Å². The van der Waals surface area contributed by atoms with Crippen molar-refractivity contribution in [1.82, 2.24) is 30.5 Å². The summed E-state index contributed by atoms with van der Waals surface area (Å²) in [6, 6.07) is 4.96. The topological polar surface area (TPSA) is 87.6 Å². The molecule has 1 aromatic heterocycles. The van der Waals surface area contributed by atoms with Crippen LogP contribution in [0.4, 0.5) is 10.1 Å². The van der Waals surface area contributed by atoms with E-state index < -0.39 is 0 Å². The molecule has 9 nitrogen and oxygen atoms in total. The standard InChI is InChI=1S/C18H24FN7O2S/c1-20-11-17(27)25-7-5-24(6-8-25)16-4-3-14(9-15(16)19)26-12-13(22-23-26)10-21-18(29)28-2/h3-4,9,12,20H,5-8,10-11H2,1-2H3,(H,21,29). The molecule has 156 valence electrons. The van der Waals surface area contributed by atoms with Gasteiger partial charge in [-0.3, -0.25) is 4.79 Å². The van der Waals surface area contributed by atoms with Gasteiger partial charge in [-0.25, -0.2) is 9.07 Å². The number of likely N-dealkylation sites (N-methyl/N-ethyl adjacent to an activating group) is 1. The van der Waals surface area contributed by atoms with Crippen molar-refractivity contribution in [3.05, 3.63) is 35.9 Å². The largest absolute Gasteiger partial charge is 0.474 e. The third-order valence-electron chi connectivity index (χ3n) is 4.64. The predicted octanol–water partition coefficient (Wildman–Crippen LogP) is 0.295. The number of nitrogens with zero attached hydrogens (tertiary/aromatic N) is 5. The monoisotopic (exact) mass is 421 g/mol. The summed E-state index contributed by atoms with van der Waals surface area (Å²) in [7, 11) is 3.23. The first-order valence-electron chi connectivity index (χ1n) is 9.22. The molecule has 0 bridgehead atoms. The van der Waals surface area contributed by atoms with Crippen molar-refractivity contribution >= 4 is 29.0 Å². The minimum absolute atomic E-state index is 0.0608. The summed E-state index contributed by atoms with van der Waals surface area (Å²) in [5.74, 6) is -0.279. The number of amides is 1. The second-order valence-electron chi connectivity index (χ2n) is 6.53. The van der Waals surface area contributed by atoms with E-state index in [2.05, 4.69) is 20.9 Å². The lowest BCUT2D eigenvalue weighted by molar-refractivity contribution is -0.130. The van der Waals surface area contributed by atoms with E-state index in [1.807, 2.05) is 4.90 Å². The van der Waals surface area contributed by atoms with E-state index in [4.69, 9.17) is 17.0 Å². The summed E-state index contributed by atoms with van der Waals surface area (Å²) < 4.78 is 21.1. The third kappa shape index (κ3) is 5.18. The number of thiocarbonyl (C=S) groups is 1. The fraction of sp³-hybridized carbons (Fsp3) is 0.444. The molecule has 1 amide bonds. The van der Waals surface area contributed by atoms with Crippen LogP contribution in [-0.4, -0.2) is 77.9 Å². The van der Waals surface area contributed by atoms with Gasteiger partial charge >= 0.3 is 0 Å². The van der Waals surface area contributed by atoms with E-state index in [1.165, 1.54) is 17.9 Å². The zero-order chi connectivity index (χ0) is 20.8. The molecule has 1 aliphatic rings. The van der Waals surface area contributed by atoms with Crippen molar-refractivity contribution in [2.45, 2.75) is 6.54 Å². The van der Waals surface area contributed by atoms with E-state index in [9.17, 15) is 9.18 Å². The smallest absolute Gasteiger partial charge is 0.256 e.